The average molecular weight is 280 g/mol. The SMILES string of the molecule is O=C(O)C1CCC(OCCSc2ccccc2)CC1. The number of thioether (sulfide) groups is 1. The summed E-state index contributed by atoms with van der Waals surface area (Å²) in [5.41, 5.74) is 0. The lowest BCUT2D eigenvalue weighted by Crippen LogP contribution is -2.26. The minimum absolute atomic E-state index is 0.154. The zero-order chi connectivity index (χ0) is 13.5. The van der Waals surface area contributed by atoms with Crippen LogP contribution in [0.5, 0.6) is 0 Å². The van der Waals surface area contributed by atoms with Gasteiger partial charge < -0.3 is 9.84 Å². The fourth-order valence-electron chi connectivity index (χ4n) is 2.37. The maximum absolute atomic E-state index is 10.8. The molecule has 1 saturated carbocycles. The molecule has 3 nitrogen and oxygen atoms in total. The van der Waals surface area contributed by atoms with Gasteiger partial charge in [-0.3, -0.25) is 4.79 Å². The summed E-state index contributed by atoms with van der Waals surface area (Å²) in [4.78, 5) is 12.1. The summed E-state index contributed by atoms with van der Waals surface area (Å²) in [5.74, 6) is 0.139. The van der Waals surface area contributed by atoms with Gasteiger partial charge in [-0.2, -0.15) is 0 Å². The zero-order valence-corrected chi connectivity index (χ0v) is 11.8. The van der Waals surface area contributed by atoms with E-state index in [0.29, 0.717) is 0 Å². The highest BCUT2D eigenvalue weighted by atomic mass is 32.2. The van der Waals surface area contributed by atoms with E-state index in [-0.39, 0.29) is 12.0 Å². The van der Waals surface area contributed by atoms with Crippen LogP contribution < -0.4 is 0 Å². The Morgan fingerprint density at radius 2 is 1.89 bits per heavy atom. The predicted octanol–water partition coefficient (Wildman–Crippen LogP) is 3.44. The topological polar surface area (TPSA) is 46.5 Å². The average Bonchev–Trinajstić information content (AvgIpc) is 2.45. The third-order valence-corrected chi connectivity index (χ3v) is 4.45. The molecule has 1 aliphatic rings. The minimum atomic E-state index is -0.655. The molecule has 1 aromatic rings. The van der Waals surface area contributed by atoms with Gasteiger partial charge in [0.2, 0.25) is 0 Å². The molecule has 0 aliphatic heterocycles. The van der Waals surface area contributed by atoms with Gasteiger partial charge in [-0.25, -0.2) is 0 Å². The molecule has 1 aliphatic carbocycles. The van der Waals surface area contributed by atoms with Crippen molar-refractivity contribution in [3.8, 4) is 0 Å². The van der Waals surface area contributed by atoms with Crippen molar-refractivity contribution in [3.63, 3.8) is 0 Å². The summed E-state index contributed by atoms with van der Waals surface area (Å²) < 4.78 is 5.82. The number of carboxylic acids is 1. The molecular formula is C15H20O3S. The van der Waals surface area contributed by atoms with Crippen molar-refractivity contribution in [2.24, 2.45) is 5.92 Å². The van der Waals surface area contributed by atoms with E-state index in [1.165, 1.54) is 4.90 Å². The molecule has 0 radical (unpaired) electrons. The van der Waals surface area contributed by atoms with Crippen LogP contribution in [0.2, 0.25) is 0 Å². The molecule has 1 N–H and O–H groups in total. The van der Waals surface area contributed by atoms with Crippen molar-refractivity contribution in [3.05, 3.63) is 30.3 Å². The number of carbonyl (C=O) groups is 1. The van der Waals surface area contributed by atoms with E-state index >= 15 is 0 Å². The molecular weight excluding hydrogens is 260 g/mol. The normalized spacial score (nSPS) is 23.2. The second-order valence-electron chi connectivity index (χ2n) is 4.84. The van der Waals surface area contributed by atoms with Crippen LogP contribution in [0.25, 0.3) is 0 Å². The van der Waals surface area contributed by atoms with Crippen molar-refractivity contribution in [1.82, 2.24) is 0 Å². The van der Waals surface area contributed by atoms with Crippen molar-refractivity contribution < 1.29 is 14.6 Å². The van der Waals surface area contributed by atoms with Crippen molar-refractivity contribution in [2.45, 2.75) is 36.7 Å². The molecule has 2 rings (SSSR count). The molecule has 0 amide bonds. The molecule has 4 heteroatoms. The zero-order valence-electron chi connectivity index (χ0n) is 11.0. The van der Waals surface area contributed by atoms with E-state index < -0.39 is 5.97 Å². The van der Waals surface area contributed by atoms with Gasteiger partial charge >= 0.3 is 5.97 Å². The lowest BCUT2D eigenvalue weighted by atomic mass is 9.87. The predicted molar refractivity (Wildman–Crippen MR) is 76.5 cm³/mol. The monoisotopic (exact) mass is 280 g/mol. The summed E-state index contributed by atoms with van der Waals surface area (Å²) in [6, 6.07) is 10.3. The Hall–Kier alpha value is -1.00. The first-order valence-electron chi connectivity index (χ1n) is 6.78. The molecule has 1 fully saturated rings. The molecule has 0 unspecified atom stereocenters. The Morgan fingerprint density at radius 3 is 2.53 bits per heavy atom. The number of aliphatic carboxylic acids is 1. The molecule has 1 aromatic carbocycles. The first kappa shape index (κ1) is 14.4. The third kappa shape index (κ3) is 4.88. The number of benzene rings is 1. The van der Waals surface area contributed by atoms with E-state index in [2.05, 4.69) is 12.1 Å². The molecule has 0 aromatic heterocycles. The highest BCUT2D eigenvalue weighted by Crippen LogP contribution is 2.26. The first-order valence-corrected chi connectivity index (χ1v) is 7.76. The maximum atomic E-state index is 10.8. The van der Waals surface area contributed by atoms with E-state index in [9.17, 15) is 4.79 Å². The van der Waals surface area contributed by atoms with Gasteiger partial charge in [0.1, 0.15) is 0 Å². The Labute approximate surface area is 118 Å². The Balaban J connectivity index is 1.58. The molecule has 104 valence electrons. The van der Waals surface area contributed by atoms with Crippen LogP contribution in [-0.2, 0) is 9.53 Å². The van der Waals surface area contributed by atoms with Crippen LogP contribution in [0, 0.1) is 5.92 Å². The summed E-state index contributed by atoms with van der Waals surface area (Å²) in [7, 11) is 0. The molecule has 0 heterocycles. The van der Waals surface area contributed by atoms with Gasteiger partial charge in [0, 0.05) is 10.6 Å². The number of carboxylic acid groups (broad SMARTS) is 1. The van der Waals surface area contributed by atoms with E-state index in [1.54, 1.807) is 11.8 Å². The Morgan fingerprint density at radius 1 is 1.21 bits per heavy atom. The van der Waals surface area contributed by atoms with Crippen LogP contribution in [0.1, 0.15) is 25.7 Å². The van der Waals surface area contributed by atoms with Crippen molar-refractivity contribution >= 4 is 17.7 Å². The summed E-state index contributed by atoms with van der Waals surface area (Å²) in [6.45, 7) is 0.738. The second kappa shape index (κ2) is 7.56. The molecule has 0 spiro atoms. The highest BCUT2D eigenvalue weighted by Gasteiger charge is 2.25. The Kier molecular flexibility index (Phi) is 5.73. The van der Waals surface area contributed by atoms with Gasteiger partial charge in [0.25, 0.3) is 0 Å². The number of rotatable bonds is 6. The largest absolute Gasteiger partial charge is 0.481 e. The maximum Gasteiger partial charge on any atom is 0.306 e. The Bertz CT molecular complexity index is 386. The van der Waals surface area contributed by atoms with Gasteiger partial charge in [0.15, 0.2) is 0 Å². The summed E-state index contributed by atoms with van der Waals surface area (Å²) in [5, 5.41) is 8.92. The summed E-state index contributed by atoms with van der Waals surface area (Å²) >= 11 is 1.80. The van der Waals surface area contributed by atoms with Crippen LogP contribution in [0.15, 0.2) is 35.2 Å². The van der Waals surface area contributed by atoms with E-state index in [0.717, 1.165) is 38.0 Å². The third-order valence-electron chi connectivity index (χ3n) is 3.47. The summed E-state index contributed by atoms with van der Waals surface area (Å²) in [6.07, 6.45) is 3.53. The standard InChI is InChI=1S/C15H20O3S/c16-15(17)12-6-8-13(9-7-12)18-10-11-19-14-4-2-1-3-5-14/h1-5,12-13H,6-11H2,(H,16,17). The fourth-order valence-corrected chi connectivity index (χ4v) is 3.13. The van der Waals surface area contributed by atoms with Gasteiger partial charge in [-0.05, 0) is 37.8 Å². The smallest absolute Gasteiger partial charge is 0.306 e. The lowest BCUT2D eigenvalue weighted by Gasteiger charge is -2.26. The fraction of sp³-hybridized carbons (Fsp3) is 0.533. The molecule has 19 heavy (non-hydrogen) atoms. The lowest BCUT2D eigenvalue weighted by molar-refractivity contribution is -0.143. The van der Waals surface area contributed by atoms with E-state index in [4.69, 9.17) is 9.84 Å². The van der Waals surface area contributed by atoms with Crippen LogP contribution in [0.3, 0.4) is 0 Å². The number of ether oxygens (including phenoxy) is 1. The van der Waals surface area contributed by atoms with Crippen molar-refractivity contribution in [2.75, 3.05) is 12.4 Å². The number of hydrogen-bond acceptors (Lipinski definition) is 3. The first-order chi connectivity index (χ1) is 9.25. The molecule has 0 atom stereocenters. The van der Waals surface area contributed by atoms with Crippen LogP contribution >= 0.6 is 11.8 Å². The highest BCUT2D eigenvalue weighted by molar-refractivity contribution is 7.99. The molecule has 0 bridgehead atoms. The number of hydrogen-bond donors (Lipinski definition) is 1. The van der Waals surface area contributed by atoms with Crippen LogP contribution in [-0.4, -0.2) is 29.5 Å². The van der Waals surface area contributed by atoms with Gasteiger partial charge in [-0.15, -0.1) is 11.8 Å². The van der Waals surface area contributed by atoms with Gasteiger partial charge in [-0.1, -0.05) is 18.2 Å². The van der Waals surface area contributed by atoms with Gasteiger partial charge in [0.05, 0.1) is 18.6 Å². The minimum Gasteiger partial charge on any atom is -0.481 e. The van der Waals surface area contributed by atoms with Crippen molar-refractivity contribution in [1.29, 1.82) is 0 Å². The molecule has 0 saturated heterocycles. The van der Waals surface area contributed by atoms with E-state index in [1.807, 2.05) is 18.2 Å². The second-order valence-corrected chi connectivity index (χ2v) is 6.01. The van der Waals surface area contributed by atoms with Crippen LogP contribution in [0.4, 0.5) is 0 Å². The quantitative estimate of drug-likeness (QED) is 0.640.